The van der Waals surface area contributed by atoms with Gasteiger partial charge in [-0.1, -0.05) is 19.9 Å². The molecule has 84 valence electrons. The summed E-state index contributed by atoms with van der Waals surface area (Å²) in [5, 5.41) is 8.94. The Balaban J connectivity index is 2.87. The van der Waals surface area contributed by atoms with Crippen molar-refractivity contribution in [2.45, 2.75) is 13.8 Å². The molecular formula is C12H15N3O. The molecule has 16 heavy (non-hydrogen) atoms. The standard InChI is InChI=1S/C12H15N3O/c1-9(2)10(8-13)12(16)15(3)11-6-4-5-7-14-11/h4-7,9-10H,1-3H3. The van der Waals surface area contributed by atoms with Crippen LogP contribution in [0.15, 0.2) is 24.4 Å². The monoisotopic (exact) mass is 217 g/mol. The van der Waals surface area contributed by atoms with E-state index in [9.17, 15) is 4.79 Å². The molecule has 4 heteroatoms. The predicted molar refractivity (Wildman–Crippen MR) is 61.6 cm³/mol. The third-order valence-corrected chi connectivity index (χ3v) is 2.40. The van der Waals surface area contributed by atoms with Gasteiger partial charge in [0.25, 0.3) is 0 Å². The number of anilines is 1. The maximum Gasteiger partial charge on any atom is 0.245 e. The molecule has 0 saturated heterocycles. The van der Waals surface area contributed by atoms with Crippen LogP contribution < -0.4 is 4.90 Å². The number of amides is 1. The third kappa shape index (κ3) is 2.57. The lowest BCUT2D eigenvalue weighted by atomic mass is 9.96. The Labute approximate surface area is 95.5 Å². The van der Waals surface area contributed by atoms with Gasteiger partial charge in [-0.2, -0.15) is 5.26 Å². The maximum absolute atomic E-state index is 12.0. The van der Waals surface area contributed by atoms with Gasteiger partial charge in [0, 0.05) is 13.2 Å². The summed E-state index contributed by atoms with van der Waals surface area (Å²) in [4.78, 5) is 17.5. The van der Waals surface area contributed by atoms with Gasteiger partial charge in [-0.3, -0.25) is 9.69 Å². The molecule has 0 aromatic carbocycles. The largest absolute Gasteiger partial charge is 0.299 e. The van der Waals surface area contributed by atoms with E-state index in [1.54, 1.807) is 25.4 Å². The normalized spacial score (nSPS) is 11.9. The predicted octanol–water partition coefficient (Wildman–Crippen LogP) is 1.84. The van der Waals surface area contributed by atoms with Crippen molar-refractivity contribution < 1.29 is 4.79 Å². The summed E-state index contributed by atoms with van der Waals surface area (Å²) in [5.74, 6) is -0.264. The molecule has 1 aromatic heterocycles. The number of nitrogens with zero attached hydrogens (tertiary/aromatic N) is 3. The van der Waals surface area contributed by atoms with Crippen LogP contribution in [0, 0.1) is 23.2 Å². The van der Waals surface area contributed by atoms with E-state index < -0.39 is 5.92 Å². The highest BCUT2D eigenvalue weighted by molar-refractivity contribution is 5.95. The van der Waals surface area contributed by atoms with E-state index in [1.165, 1.54) is 4.90 Å². The first-order chi connectivity index (χ1) is 7.57. The van der Waals surface area contributed by atoms with Crippen LogP contribution >= 0.6 is 0 Å². The van der Waals surface area contributed by atoms with Crippen LogP contribution in [0.1, 0.15) is 13.8 Å². The van der Waals surface area contributed by atoms with Gasteiger partial charge in [0.1, 0.15) is 11.7 Å². The number of nitriles is 1. The summed E-state index contributed by atoms with van der Waals surface area (Å²) in [6.45, 7) is 3.72. The average Bonchev–Trinajstić information content (AvgIpc) is 2.29. The van der Waals surface area contributed by atoms with Crippen molar-refractivity contribution in [3.8, 4) is 6.07 Å². The van der Waals surface area contributed by atoms with Crippen LogP contribution in [0.3, 0.4) is 0 Å². The van der Waals surface area contributed by atoms with Crippen molar-refractivity contribution in [3.05, 3.63) is 24.4 Å². The van der Waals surface area contributed by atoms with Crippen molar-refractivity contribution >= 4 is 11.7 Å². The van der Waals surface area contributed by atoms with E-state index in [2.05, 4.69) is 4.98 Å². The van der Waals surface area contributed by atoms with E-state index in [4.69, 9.17) is 5.26 Å². The first kappa shape index (κ1) is 12.2. The Kier molecular flexibility index (Phi) is 4.01. The highest BCUT2D eigenvalue weighted by Gasteiger charge is 2.25. The van der Waals surface area contributed by atoms with Crippen LogP contribution in [0.2, 0.25) is 0 Å². The second kappa shape index (κ2) is 5.26. The maximum atomic E-state index is 12.0. The van der Waals surface area contributed by atoms with Gasteiger partial charge in [-0.15, -0.1) is 0 Å². The fourth-order valence-corrected chi connectivity index (χ4v) is 1.36. The topological polar surface area (TPSA) is 57.0 Å². The Hall–Kier alpha value is -1.89. The van der Waals surface area contributed by atoms with Crippen molar-refractivity contribution in [1.82, 2.24) is 4.98 Å². The summed E-state index contributed by atoms with van der Waals surface area (Å²) in [6.07, 6.45) is 1.62. The summed E-state index contributed by atoms with van der Waals surface area (Å²) < 4.78 is 0. The molecule has 0 N–H and O–H groups in total. The molecule has 4 nitrogen and oxygen atoms in total. The van der Waals surface area contributed by atoms with E-state index in [0.29, 0.717) is 5.82 Å². The van der Waals surface area contributed by atoms with Gasteiger partial charge in [0.2, 0.25) is 5.91 Å². The molecule has 0 aliphatic heterocycles. The van der Waals surface area contributed by atoms with Gasteiger partial charge in [0.15, 0.2) is 0 Å². The van der Waals surface area contributed by atoms with Gasteiger partial charge in [-0.25, -0.2) is 4.98 Å². The van der Waals surface area contributed by atoms with Crippen molar-refractivity contribution in [2.75, 3.05) is 11.9 Å². The minimum Gasteiger partial charge on any atom is -0.299 e. The lowest BCUT2D eigenvalue weighted by Crippen LogP contribution is -2.35. The molecule has 0 bridgehead atoms. The third-order valence-electron chi connectivity index (χ3n) is 2.40. The van der Waals surface area contributed by atoms with Crippen molar-refractivity contribution in [3.63, 3.8) is 0 Å². The molecule has 0 radical (unpaired) electrons. The summed E-state index contributed by atoms with van der Waals surface area (Å²) in [6, 6.07) is 7.37. The number of pyridine rings is 1. The van der Waals surface area contributed by atoms with Crippen LogP contribution in [0.4, 0.5) is 5.82 Å². The summed E-state index contributed by atoms with van der Waals surface area (Å²) >= 11 is 0. The van der Waals surface area contributed by atoms with E-state index in [1.807, 2.05) is 26.0 Å². The summed E-state index contributed by atoms with van der Waals surface area (Å²) in [7, 11) is 1.64. The molecule has 0 spiro atoms. The van der Waals surface area contributed by atoms with E-state index in [-0.39, 0.29) is 11.8 Å². The minimum absolute atomic E-state index is 0.00339. The molecule has 0 saturated carbocycles. The molecule has 1 rings (SSSR count). The summed E-state index contributed by atoms with van der Waals surface area (Å²) in [5.41, 5.74) is 0. The zero-order valence-corrected chi connectivity index (χ0v) is 9.71. The Bertz CT molecular complexity index is 394. The van der Waals surface area contributed by atoms with E-state index >= 15 is 0 Å². The number of hydrogen-bond donors (Lipinski definition) is 0. The number of rotatable bonds is 3. The average molecular weight is 217 g/mol. The first-order valence-electron chi connectivity index (χ1n) is 5.16. The SMILES string of the molecule is CC(C)C(C#N)C(=O)N(C)c1ccccn1. The second-order valence-corrected chi connectivity index (χ2v) is 3.94. The first-order valence-corrected chi connectivity index (χ1v) is 5.16. The Morgan fingerprint density at radius 3 is 2.62 bits per heavy atom. The molecule has 1 unspecified atom stereocenters. The van der Waals surface area contributed by atoms with Crippen LogP contribution in [-0.4, -0.2) is 17.9 Å². The van der Waals surface area contributed by atoms with Crippen LogP contribution in [0.5, 0.6) is 0 Å². The molecule has 0 aliphatic rings. The fourth-order valence-electron chi connectivity index (χ4n) is 1.36. The van der Waals surface area contributed by atoms with Crippen molar-refractivity contribution in [2.24, 2.45) is 11.8 Å². The molecule has 1 atom stereocenters. The van der Waals surface area contributed by atoms with Gasteiger partial charge in [-0.05, 0) is 18.1 Å². The molecule has 0 fully saturated rings. The highest BCUT2D eigenvalue weighted by Crippen LogP contribution is 2.16. The second-order valence-electron chi connectivity index (χ2n) is 3.94. The van der Waals surface area contributed by atoms with Gasteiger partial charge < -0.3 is 0 Å². The lowest BCUT2D eigenvalue weighted by molar-refractivity contribution is -0.121. The lowest BCUT2D eigenvalue weighted by Gasteiger charge is -2.20. The zero-order valence-electron chi connectivity index (χ0n) is 9.71. The van der Waals surface area contributed by atoms with E-state index in [0.717, 1.165) is 0 Å². The zero-order chi connectivity index (χ0) is 12.1. The van der Waals surface area contributed by atoms with Gasteiger partial charge in [0.05, 0.1) is 6.07 Å². The smallest absolute Gasteiger partial charge is 0.245 e. The number of carbonyl (C=O) groups is 1. The Morgan fingerprint density at radius 1 is 1.50 bits per heavy atom. The number of hydrogen-bond acceptors (Lipinski definition) is 3. The number of carbonyl (C=O) groups excluding carboxylic acids is 1. The Morgan fingerprint density at radius 2 is 2.19 bits per heavy atom. The minimum atomic E-state index is -0.619. The molecule has 1 amide bonds. The number of aromatic nitrogens is 1. The molecular weight excluding hydrogens is 202 g/mol. The van der Waals surface area contributed by atoms with Crippen LogP contribution in [-0.2, 0) is 4.79 Å². The molecule has 0 aliphatic carbocycles. The molecule has 1 aromatic rings. The highest BCUT2D eigenvalue weighted by atomic mass is 16.2. The quantitative estimate of drug-likeness (QED) is 0.776. The fraction of sp³-hybridized carbons (Fsp3) is 0.417. The van der Waals surface area contributed by atoms with Crippen molar-refractivity contribution in [1.29, 1.82) is 5.26 Å². The van der Waals surface area contributed by atoms with Gasteiger partial charge >= 0.3 is 0 Å². The molecule has 1 heterocycles. The van der Waals surface area contributed by atoms with Crippen LogP contribution in [0.25, 0.3) is 0 Å².